The average Bonchev–Trinajstić information content (AvgIpc) is 2.34. The van der Waals surface area contributed by atoms with E-state index >= 15 is 0 Å². The van der Waals surface area contributed by atoms with E-state index in [0.29, 0.717) is 6.10 Å². The summed E-state index contributed by atoms with van der Waals surface area (Å²) in [5.74, 6) is 0. The molecule has 1 aromatic rings. The highest BCUT2D eigenvalue weighted by Crippen LogP contribution is 2.23. The third-order valence-corrected chi connectivity index (χ3v) is 4.07. The molecule has 1 aliphatic rings. The van der Waals surface area contributed by atoms with Crippen LogP contribution in [0.25, 0.3) is 0 Å². The van der Waals surface area contributed by atoms with Crippen LogP contribution < -0.4 is 5.73 Å². The second-order valence-corrected chi connectivity index (χ2v) is 5.66. The predicted molar refractivity (Wildman–Crippen MR) is 78.5 cm³/mol. The first kappa shape index (κ1) is 13.8. The molecule has 2 rings (SSSR count). The van der Waals surface area contributed by atoms with E-state index in [9.17, 15) is 0 Å². The molecule has 1 heterocycles. The number of hydrogen-bond acceptors (Lipinski definition) is 3. The van der Waals surface area contributed by atoms with Crippen LogP contribution in [0, 0.1) is 0 Å². The molecule has 1 unspecified atom stereocenters. The topological polar surface area (TPSA) is 38.5 Å². The quantitative estimate of drug-likeness (QED) is 0.869. The van der Waals surface area contributed by atoms with Gasteiger partial charge in [0.2, 0.25) is 0 Å². The first-order chi connectivity index (χ1) is 8.69. The van der Waals surface area contributed by atoms with Crippen molar-refractivity contribution in [2.24, 2.45) is 0 Å². The molecule has 2 N–H and O–H groups in total. The van der Waals surface area contributed by atoms with Crippen LogP contribution in [0.1, 0.15) is 25.3 Å². The largest absolute Gasteiger partial charge is 0.399 e. The number of nitrogen functional groups attached to an aromatic ring is 1. The Morgan fingerprint density at radius 2 is 2.33 bits per heavy atom. The molecule has 1 atom stereocenters. The number of piperidine rings is 1. The summed E-state index contributed by atoms with van der Waals surface area (Å²) in [6, 6.07) is 6.03. The number of anilines is 1. The average molecular weight is 313 g/mol. The smallest absolute Gasteiger partial charge is 0.0702 e. The van der Waals surface area contributed by atoms with E-state index in [0.717, 1.165) is 36.4 Å². The molecule has 0 aromatic heterocycles. The van der Waals surface area contributed by atoms with Crippen LogP contribution >= 0.6 is 15.9 Å². The van der Waals surface area contributed by atoms with Crippen molar-refractivity contribution in [1.29, 1.82) is 0 Å². The molecule has 0 spiro atoms. The van der Waals surface area contributed by atoms with Gasteiger partial charge in [-0.15, -0.1) is 0 Å². The minimum atomic E-state index is 0.399. The summed E-state index contributed by atoms with van der Waals surface area (Å²) in [7, 11) is 0. The number of benzene rings is 1. The Morgan fingerprint density at radius 3 is 3.06 bits per heavy atom. The molecule has 1 saturated heterocycles. The number of hydrogen-bond donors (Lipinski definition) is 1. The van der Waals surface area contributed by atoms with Crippen molar-refractivity contribution in [2.45, 2.75) is 32.4 Å². The van der Waals surface area contributed by atoms with E-state index in [2.05, 4.69) is 33.8 Å². The highest BCUT2D eigenvalue weighted by molar-refractivity contribution is 9.10. The van der Waals surface area contributed by atoms with Gasteiger partial charge in [0.25, 0.3) is 0 Å². The zero-order valence-corrected chi connectivity index (χ0v) is 12.4. The van der Waals surface area contributed by atoms with Gasteiger partial charge in [-0.3, -0.25) is 4.90 Å². The monoisotopic (exact) mass is 312 g/mol. The van der Waals surface area contributed by atoms with E-state index in [1.807, 2.05) is 12.1 Å². The van der Waals surface area contributed by atoms with Gasteiger partial charge in [0, 0.05) is 29.9 Å². The first-order valence-electron chi connectivity index (χ1n) is 6.57. The molecule has 1 aliphatic heterocycles. The highest BCUT2D eigenvalue weighted by Gasteiger charge is 2.20. The lowest BCUT2D eigenvalue weighted by Gasteiger charge is -2.32. The van der Waals surface area contributed by atoms with Gasteiger partial charge in [0.15, 0.2) is 0 Å². The lowest BCUT2D eigenvalue weighted by atomic mass is 10.1. The van der Waals surface area contributed by atoms with Crippen LogP contribution in [-0.4, -0.2) is 30.7 Å². The molecule has 0 saturated carbocycles. The fourth-order valence-corrected chi connectivity index (χ4v) is 2.98. The van der Waals surface area contributed by atoms with Gasteiger partial charge in [0.05, 0.1) is 6.10 Å². The Labute approximate surface area is 117 Å². The van der Waals surface area contributed by atoms with Crippen LogP contribution in [0.3, 0.4) is 0 Å². The third-order valence-electron chi connectivity index (χ3n) is 3.34. The van der Waals surface area contributed by atoms with Crippen molar-refractivity contribution in [1.82, 2.24) is 4.90 Å². The fraction of sp³-hybridized carbons (Fsp3) is 0.571. The van der Waals surface area contributed by atoms with Crippen LogP contribution in [0.4, 0.5) is 5.69 Å². The number of halogens is 1. The third kappa shape index (κ3) is 3.70. The summed E-state index contributed by atoms with van der Waals surface area (Å²) >= 11 is 3.58. The number of ether oxygens (including phenoxy) is 1. The van der Waals surface area contributed by atoms with Crippen LogP contribution in [0.5, 0.6) is 0 Å². The maximum Gasteiger partial charge on any atom is 0.0702 e. The Bertz CT molecular complexity index is 395. The van der Waals surface area contributed by atoms with Crippen molar-refractivity contribution in [3.8, 4) is 0 Å². The van der Waals surface area contributed by atoms with Crippen LogP contribution in [0.15, 0.2) is 22.7 Å². The molecule has 100 valence electrons. The zero-order valence-electron chi connectivity index (χ0n) is 10.9. The number of nitrogens with zero attached hydrogens (tertiary/aromatic N) is 1. The minimum absolute atomic E-state index is 0.399. The molecule has 0 radical (unpaired) electrons. The van der Waals surface area contributed by atoms with Gasteiger partial charge < -0.3 is 10.5 Å². The number of nitrogens with two attached hydrogens (primary N) is 1. The molecule has 3 nitrogen and oxygen atoms in total. The fourth-order valence-electron chi connectivity index (χ4n) is 2.46. The standard InChI is InChI=1S/C14H21BrN2O/c1-2-18-13-4-3-7-17(10-13)9-11-5-6-12(16)8-14(11)15/h5-6,8,13H,2-4,7,9-10,16H2,1H3. The molecular formula is C14H21BrN2O. The summed E-state index contributed by atoms with van der Waals surface area (Å²) in [5, 5.41) is 0. The highest BCUT2D eigenvalue weighted by atomic mass is 79.9. The van der Waals surface area contributed by atoms with Crippen molar-refractivity contribution in [3.63, 3.8) is 0 Å². The molecule has 4 heteroatoms. The normalized spacial score (nSPS) is 21.1. The van der Waals surface area contributed by atoms with E-state index in [1.165, 1.54) is 18.4 Å². The van der Waals surface area contributed by atoms with Crippen molar-refractivity contribution < 1.29 is 4.74 Å². The van der Waals surface area contributed by atoms with Crippen LogP contribution in [-0.2, 0) is 11.3 Å². The molecule has 0 bridgehead atoms. The van der Waals surface area contributed by atoms with Gasteiger partial charge in [0.1, 0.15) is 0 Å². The Balaban J connectivity index is 1.96. The maximum atomic E-state index is 5.76. The molecule has 18 heavy (non-hydrogen) atoms. The lowest BCUT2D eigenvalue weighted by Crippen LogP contribution is -2.39. The lowest BCUT2D eigenvalue weighted by molar-refractivity contribution is 0.00358. The Morgan fingerprint density at radius 1 is 1.50 bits per heavy atom. The Kier molecular flexibility index (Phi) is 5.03. The van der Waals surface area contributed by atoms with E-state index < -0.39 is 0 Å². The second kappa shape index (κ2) is 6.55. The van der Waals surface area contributed by atoms with Gasteiger partial charge in [-0.1, -0.05) is 22.0 Å². The van der Waals surface area contributed by atoms with E-state index in [4.69, 9.17) is 10.5 Å². The molecular weight excluding hydrogens is 292 g/mol. The number of rotatable bonds is 4. The summed E-state index contributed by atoms with van der Waals surface area (Å²) in [5.41, 5.74) is 7.85. The van der Waals surface area contributed by atoms with Crippen molar-refractivity contribution in [3.05, 3.63) is 28.2 Å². The van der Waals surface area contributed by atoms with E-state index in [1.54, 1.807) is 0 Å². The van der Waals surface area contributed by atoms with Gasteiger partial charge in [-0.2, -0.15) is 0 Å². The molecule has 1 aromatic carbocycles. The molecule has 1 fully saturated rings. The number of likely N-dealkylation sites (tertiary alicyclic amines) is 1. The molecule has 0 aliphatic carbocycles. The van der Waals surface area contributed by atoms with Gasteiger partial charge in [-0.25, -0.2) is 0 Å². The van der Waals surface area contributed by atoms with E-state index in [-0.39, 0.29) is 0 Å². The van der Waals surface area contributed by atoms with Gasteiger partial charge in [-0.05, 0) is 44.0 Å². The van der Waals surface area contributed by atoms with Gasteiger partial charge >= 0.3 is 0 Å². The van der Waals surface area contributed by atoms with Crippen molar-refractivity contribution >= 4 is 21.6 Å². The first-order valence-corrected chi connectivity index (χ1v) is 7.36. The van der Waals surface area contributed by atoms with Crippen molar-refractivity contribution in [2.75, 3.05) is 25.4 Å². The van der Waals surface area contributed by atoms with Crippen LogP contribution in [0.2, 0.25) is 0 Å². The maximum absolute atomic E-state index is 5.76. The Hall–Kier alpha value is -0.580. The minimum Gasteiger partial charge on any atom is -0.399 e. The summed E-state index contributed by atoms with van der Waals surface area (Å²) in [4.78, 5) is 2.46. The predicted octanol–water partition coefficient (Wildman–Crippen LogP) is 3.03. The second-order valence-electron chi connectivity index (χ2n) is 4.81. The SMILES string of the molecule is CCOC1CCCN(Cc2ccc(N)cc2Br)C1. The summed E-state index contributed by atoms with van der Waals surface area (Å²) in [6.45, 7) is 6.02. The zero-order chi connectivity index (χ0) is 13.0. The molecule has 0 amide bonds. The summed E-state index contributed by atoms with van der Waals surface area (Å²) in [6.07, 6.45) is 2.81. The summed E-state index contributed by atoms with van der Waals surface area (Å²) < 4.78 is 6.82.